The van der Waals surface area contributed by atoms with E-state index in [0.29, 0.717) is 0 Å². The predicted molar refractivity (Wildman–Crippen MR) is 62.2 cm³/mol. The summed E-state index contributed by atoms with van der Waals surface area (Å²) in [7, 11) is 0. The quantitative estimate of drug-likeness (QED) is 0.659. The molecule has 0 spiro atoms. The molecule has 0 aliphatic rings. The largest absolute Gasteiger partial charge is 0.335 e. The van der Waals surface area contributed by atoms with Gasteiger partial charge in [0, 0.05) is 5.69 Å². The van der Waals surface area contributed by atoms with Crippen LogP contribution in [0.1, 0.15) is 11.1 Å². The number of nitrogens with one attached hydrogen (secondary N) is 1. The summed E-state index contributed by atoms with van der Waals surface area (Å²) in [5.74, 6) is 0. The maximum atomic E-state index is 5.57. The molecule has 1 rings (SSSR count). The van der Waals surface area contributed by atoms with Crippen LogP contribution >= 0.6 is 6.49 Å². The SMILES string of the molecule is Cc1ccc(NP(N)(N)=S)c(C)c1. The molecule has 0 saturated carbocycles. The van der Waals surface area contributed by atoms with E-state index in [-0.39, 0.29) is 0 Å². The summed E-state index contributed by atoms with van der Waals surface area (Å²) in [6.45, 7) is 1.69. The van der Waals surface area contributed by atoms with Crippen LogP contribution in [0.5, 0.6) is 0 Å². The number of aryl methyl sites for hydroxylation is 2. The van der Waals surface area contributed by atoms with Crippen molar-refractivity contribution in [1.82, 2.24) is 0 Å². The minimum atomic E-state index is -2.35. The summed E-state index contributed by atoms with van der Waals surface area (Å²) in [5.41, 5.74) is 14.4. The van der Waals surface area contributed by atoms with E-state index >= 15 is 0 Å². The third-order valence-corrected chi connectivity index (χ3v) is 2.54. The maximum Gasteiger partial charge on any atom is 0.156 e. The standard InChI is InChI=1S/C8H14N3PS/c1-6-3-4-8(7(2)5-6)11-12(9,10)13/h3-5H,1-2H3,(H5,9,10,11,13). The van der Waals surface area contributed by atoms with E-state index < -0.39 is 6.49 Å². The van der Waals surface area contributed by atoms with Crippen LogP contribution < -0.4 is 16.1 Å². The summed E-state index contributed by atoms with van der Waals surface area (Å²) in [6, 6.07) is 6.01. The van der Waals surface area contributed by atoms with Gasteiger partial charge in [-0.1, -0.05) is 17.7 Å². The molecule has 1 aromatic carbocycles. The molecule has 1 aromatic rings. The second kappa shape index (κ2) is 3.76. The highest BCUT2D eigenvalue weighted by atomic mass is 32.4. The molecule has 0 bridgehead atoms. The lowest BCUT2D eigenvalue weighted by Gasteiger charge is -2.15. The fourth-order valence-corrected chi connectivity index (χ4v) is 2.05. The molecule has 0 fully saturated rings. The Morgan fingerprint density at radius 3 is 2.38 bits per heavy atom. The van der Waals surface area contributed by atoms with Gasteiger partial charge in [0.2, 0.25) is 0 Å². The Labute approximate surface area is 83.7 Å². The lowest BCUT2D eigenvalue weighted by Crippen LogP contribution is -2.13. The van der Waals surface area contributed by atoms with Gasteiger partial charge in [0.25, 0.3) is 0 Å². The van der Waals surface area contributed by atoms with Gasteiger partial charge in [-0.25, -0.2) is 0 Å². The molecule has 72 valence electrons. The molecular formula is C8H14N3PS. The zero-order valence-electron chi connectivity index (χ0n) is 7.74. The van der Waals surface area contributed by atoms with Crippen molar-refractivity contribution >= 4 is 24.0 Å². The van der Waals surface area contributed by atoms with E-state index in [2.05, 4.69) is 11.2 Å². The molecule has 0 saturated heterocycles. The molecule has 5 N–H and O–H groups in total. The average Bonchev–Trinajstić information content (AvgIpc) is 1.93. The minimum Gasteiger partial charge on any atom is -0.335 e. The Morgan fingerprint density at radius 1 is 1.31 bits per heavy atom. The Kier molecular flexibility index (Phi) is 3.09. The minimum absolute atomic E-state index is 0.930. The van der Waals surface area contributed by atoms with Crippen LogP contribution in [0.15, 0.2) is 18.2 Å². The molecule has 0 atom stereocenters. The number of nitrogens with two attached hydrogens (primary N) is 2. The average molecular weight is 215 g/mol. The van der Waals surface area contributed by atoms with Crippen LogP contribution in [-0.4, -0.2) is 0 Å². The Balaban J connectivity index is 2.97. The lowest BCUT2D eigenvalue weighted by atomic mass is 10.1. The van der Waals surface area contributed by atoms with Crippen LogP contribution in [-0.2, 0) is 11.8 Å². The molecule has 5 heteroatoms. The number of rotatable bonds is 2. The molecular weight excluding hydrogens is 201 g/mol. The van der Waals surface area contributed by atoms with E-state index in [9.17, 15) is 0 Å². The normalized spacial score (nSPS) is 11.4. The molecule has 0 heterocycles. The fraction of sp³-hybridized carbons (Fsp3) is 0.250. The van der Waals surface area contributed by atoms with Gasteiger partial charge in [-0.05, 0) is 37.3 Å². The van der Waals surface area contributed by atoms with Crippen molar-refractivity contribution in [2.75, 3.05) is 5.09 Å². The van der Waals surface area contributed by atoms with Crippen LogP contribution in [0.4, 0.5) is 5.69 Å². The maximum absolute atomic E-state index is 5.57. The molecule has 0 unspecified atom stereocenters. The van der Waals surface area contributed by atoms with Gasteiger partial charge in [0.05, 0.1) is 0 Å². The molecule has 0 aliphatic carbocycles. The van der Waals surface area contributed by atoms with E-state index in [4.69, 9.17) is 22.8 Å². The highest BCUT2D eigenvalue weighted by Crippen LogP contribution is 2.29. The lowest BCUT2D eigenvalue weighted by molar-refractivity contribution is 1.38. The van der Waals surface area contributed by atoms with E-state index in [1.807, 2.05) is 26.0 Å². The molecule has 13 heavy (non-hydrogen) atoms. The molecule has 0 amide bonds. The summed E-state index contributed by atoms with van der Waals surface area (Å²) in [6.07, 6.45) is 0. The monoisotopic (exact) mass is 215 g/mol. The highest BCUT2D eigenvalue weighted by Gasteiger charge is 2.04. The first-order valence-electron chi connectivity index (χ1n) is 3.91. The van der Waals surface area contributed by atoms with E-state index in [1.54, 1.807) is 0 Å². The Morgan fingerprint density at radius 2 is 1.92 bits per heavy atom. The molecule has 0 radical (unpaired) electrons. The summed E-state index contributed by atoms with van der Waals surface area (Å²) in [4.78, 5) is 0. The number of hydrogen-bond donors (Lipinski definition) is 3. The number of benzene rings is 1. The first kappa shape index (κ1) is 10.7. The van der Waals surface area contributed by atoms with Crippen molar-refractivity contribution in [2.45, 2.75) is 13.8 Å². The third kappa shape index (κ3) is 3.44. The number of hydrogen-bond acceptors (Lipinski definition) is 1. The second-order valence-electron chi connectivity index (χ2n) is 3.14. The van der Waals surface area contributed by atoms with Crippen molar-refractivity contribution in [1.29, 1.82) is 0 Å². The van der Waals surface area contributed by atoms with Gasteiger partial charge in [-0.3, -0.25) is 11.0 Å². The molecule has 3 nitrogen and oxygen atoms in total. The van der Waals surface area contributed by atoms with Crippen LogP contribution in [0, 0.1) is 13.8 Å². The van der Waals surface area contributed by atoms with E-state index in [0.717, 1.165) is 11.3 Å². The van der Waals surface area contributed by atoms with Gasteiger partial charge < -0.3 is 5.09 Å². The fourth-order valence-electron chi connectivity index (χ4n) is 1.13. The Hall–Kier alpha value is -0.410. The van der Waals surface area contributed by atoms with Crippen molar-refractivity contribution < 1.29 is 0 Å². The van der Waals surface area contributed by atoms with Gasteiger partial charge >= 0.3 is 0 Å². The van der Waals surface area contributed by atoms with Crippen molar-refractivity contribution in [3.8, 4) is 0 Å². The zero-order valence-corrected chi connectivity index (χ0v) is 9.45. The van der Waals surface area contributed by atoms with Crippen LogP contribution in [0.2, 0.25) is 0 Å². The molecule has 0 aliphatic heterocycles. The smallest absolute Gasteiger partial charge is 0.156 e. The number of anilines is 1. The predicted octanol–water partition coefficient (Wildman–Crippen LogP) is 1.86. The van der Waals surface area contributed by atoms with Crippen LogP contribution in [0.25, 0.3) is 0 Å². The van der Waals surface area contributed by atoms with Crippen molar-refractivity contribution in [3.63, 3.8) is 0 Å². The third-order valence-electron chi connectivity index (χ3n) is 1.68. The van der Waals surface area contributed by atoms with Crippen molar-refractivity contribution in [3.05, 3.63) is 29.3 Å². The van der Waals surface area contributed by atoms with Gasteiger partial charge in [0.15, 0.2) is 6.49 Å². The van der Waals surface area contributed by atoms with E-state index in [1.165, 1.54) is 5.56 Å². The first-order chi connectivity index (χ1) is 5.88. The zero-order chi connectivity index (χ0) is 10.1. The first-order valence-corrected chi connectivity index (χ1v) is 6.85. The van der Waals surface area contributed by atoms with Crippen molar-refractivity contribution in [2.24, 2.45) is 11.0 Å². The van der Waals surface area contributed by atoms with Gasteiger partial charge in [0.1, 0.15) is 0 Å². The molecule has 0 aromatic heterocycles. The Bertz CT molecular complexity index is 358. The van der Waals surface area contributed by atoms with Gasteiger partial charge in [-0.15, -0.1) is 0 Å². The topological polar surface area (TPSA) is 64.1 Å². The highest BCUT2D eigenvalue weighted by molar-refractivity contribution is 8.13. The van der Waals surface area contributed by atoms with Crippen LogP contribution in [0.3, 0.4) is 0 Å². The summed E-state index contributed by atoms with van der Waals surface area (Å²) >= 11 is 4.91. The van der Waals surface area contributed by atoms with Gasteiger partial charge in [-0.2, -0.15) is 0 Å². The second-order valence-corrected chi connectivity index (χ2v) is 6.59. The summed E-state index contributed by atoms with van der Waals surface area (Å²) < 4.78 is 0. The summed E-state index contributed by atoms with van der Waals surface area (Å²) in [5, 5.41) is 2.96.